The fourth-order valence-electron chi connectivity index (χ4n) is 2.67. The lowest BCUT2D eigenvalue weighted by molar-refractivity contribution is -0.383. The molecule has 0 fully saturated rings. The normalized spacial score (nSPS) is 10.6. The highest BCUT2D eigenvalue weighted by atomic mass is 35.5. The molecule has 0 unspecified atom stereocenters. The van der Waals surface area contributed by atoms with Crippen molar-refractivity contribution in [2.75, 3.05) is 10.6 Å². The van der Waals surface area contributed by atoms with Gasteiger partial charge in [0.15, 0.2) is 5.15 Å². The van der Waals surface area contributed by atoms with Crippen LogP contribution in [0.25, 0.3) is 10.9 Å². The number of rotatable bonds is 5. The summed E-state index contributed by atoms with van der Waals surface area (Å²) in [5, 5.41) is 18.7. The summed E-state index contributed by atoms with van der Waals surface area (Å²) in [6.45, 7) is 0. The summed E-state index contributed by atoms with van der Waals surface area (Å²) in [6, 6.07) is 12.5. The van der Waals surface area contributed by atoms with Crippen molar-refractivity contribution < 1.29 is 4.92 Å². The van der Waals surface area contributed by atoms with Crippen molar-refractivity contribution in [3.8, 4) is 0 Å². The van der Waals surface area contributed by atoms with Gasteiger partial charge in [-0.3, -0.25) is 15.1 Å². The lowest BCUT2D eigenvalue weighted by Gasteiger charge is -2.11. The van der Waals surface area contributed by atoms with Crippen LogP contribution in [0.2, 0.25) is 5.15 Å². The molecule has 0 bridgehead atoms. The highest BCUT2D eigenvalue weighted by Crippen LogP contribution is 2.35. The number of nitrogens with zero attached hydrogens (tertiary/aromatic N) is 5. The maximum absolute atomic E-state index is 11.8. The summed E-state index contributed by atoms with van der Waals surface area (Å²) < 4.78 is 0. The topological polar surface area (TPSA) is 119 Å². The number of para-hydroxylation sites is 1. The van der Waals surface area contributed by atoms with Crippen LogP contribution in [0.3, 0.4) is 0 Å². The number of benzene rings is 1. The zero-order valence-corrected chi connectivity index (χ0v) is 15.0. The van der Waals surface area contributed by atoms with E-state index in [0.717, 1.165) is 5.39 Å². The van der Waals surface area contributed by atoms with Gasteiger partial charge in [-0.1, -0.05) is 29.8 Å². The predicted molar refractivity (Wildman–Crippen MR) is 106 cm³/mol. The molecule has 1 aromatic carbocycles. The number of fused-ring (bicyclic) bond motifs is 1. The van der Waals surface area contributed by atoms with Gasteiger partial charge in [-0.2, -0.15) is 0 Å². The van der Waals surface area contributed by atoms with Crippen LogP contribution in [-0.4, -0.2) is 24.9 Å². The summed E-state index contributed by atoms with van der Waals surface area (Å²) in [4.78, 5) is 27.5. The first-order chi connectivity index (χ1) is 13.6. The number of nitro groups is 1. The molecule has 3 aromatic heterocycles. The zero-order valence-electron chi connectivity index (χ0n) is 14.2. The number of hydrogen-bond acceptors (Lipinski definition) is 8. The number of pyridine rings is 2. The summed E-state index contributed by atoms with van der Waals surface area (Å²) >= 11 is 6.03. The Morgan fingerprint density at radius 2 is 1.50 bits per heavy atom. The van der Waals surface area contributed by atoms with Crippen LogP contribution in [0.5, 0.6) is 0 Å². The van der Waals surface area contributed by atoms with Crippen molar-refractivity contribution >= 4 is 51.2 Å². The maximum Gasteiger partial charge on any atom is 0.353 e. The van der Waals surface area contributed by atoms with E-state index in [-0.39, 0.29) is 22.5 Å². The summed E-state index contributed by atoms with van der Waals surface area (Å²) in [5.74, 6) is 0.0197. The second kappa shape index (κ2) is 7.41. The van der Waals surface area contributed by atoms with Gasteiger partial charge in [0, 0.05) is 17.8 Å². The fourth-order valence-corrected chi connectivity index (χ4v) is 2.84. The average molecular weight is 394 g/mol. The maximum atomic E-state index is 11.8. The Morgan fingerprint density at radius 3 is 2.25 bits per heavy atom. The first kappa shape index (κ1) is 17.6. The molecule has 0 aliphatic carbocycles. The molecule has 0 radical (unpaired) electrons. The minimum absolute atomic E-state index is 0.00871. The highest BCUT2D eigenvalue weighted by Gasteiger charge is 2.24. The molecule has 9 nitrogen and oxygen atoms in total. The molecule has 0 aliphatic rings. The van der Waals surface area contributed by atoms with E-state index in [1.807, 2.05) is 24.3 Å². The monoisotopic (exact) mass is 393 g/mol. The lowest BCUT2D eigenvalue weighted by atomic mass is 10.2. The second-order valence-electron chi connectivity index (χ2n) is 5.65. The summed E-state index contributed by atoms with van der Waals surface area (Å²) in [5.41, 5.74) is 1.33. The van der Waals surface area contributed by atoms with E-state index in [4.69, 9.17) is 11.6 Å². The molecular weight excluding hydrogens is 382 g/mol. The van der Waals surface area contributed by atoms with Crippen LogP contribution in [0.1, 0.15) is 0 Å². The Kier molecular flexibility index (Phi) is 4.65. The van der Waals surface area contributed by atoms with Crippen LogP contribution >= 0.6 is 11.6 Å². The third-order valence-electron chi connectivity index (χ3n) is 3.90. The van der Waals surface area contributed by atoms with E-state index in [9.17, 15) is 10.1 Å². The molecule has 0 saturated heterocycles. The van der Waals surface area contributed by atoms with Crippen LogP contribution in [0.4, 0.5) is 28.7 Å². The molecule has 0 spiro atoms. The molecule has 0 amide bonds. The van der Waals surface area contributed by atoms with Gasteiger partial charge in [-0.25, -0.2) is 15.0 Å². The summed E-state index contributed by atoms with van der Waals surface area (Å²) in [7, 11) is 0. The number of hydrogen-bond donors (Lipinski definition) is 2. The van der Waals surface area contributed by atoms with E-state index in [0.29, 0.717) is 16.9 Å². The number of halogens is 1. The van der Waals surface area contributed by atoms with E-state index >= 15 is 0 Å². The first-order valence-electron chi connectivity index (χ1n) is 8.11. The third-order valence-corrected chi connectivity index (χ3v) is 4.20. The Labute approximate surface area is 163 Å². The van der Waals surface area contributed by atoms with Crippen molar-refractivity contribution in [3.63, 3.8) is 0 Å². The molecule has 0 saturated carbocycles. The van der Waals surface area contributed by atoms with E-state index in [2.05, 4.69) is 30.6 Å². The van der Waals surface area contributed by atoms with Gasteiger partial charge < -0.3 is 10.6 Å². The minimum Gasteiger partial charge on any atom is -0.332 e. The molecular formula is C18H12ClN7O2. The van der Waals surface area contributed by atoms with Gasteiger partial charge in [0.1, 0.15) is 6.33 Å². The van der Waals surface area contributed by atoms with Gasteiger partial charge in [0.05, 0.1) is 21.8 Å². The second-order valence-corrected chi connectivity index (χ2v) is 6.01. The van der Waals surface area contributed by atoms with Gasteiger partial charge in [-0.15, -0.1) is 0 Å². The van der Waals surface area contributed by atoms with Gasteiger partial charge >= 0.3 is 5.69 Å². The van der Waals surface area contributed by atoms with Crippen molar-refractivity contribution in [2.24, 2.45) is 0 Å². The zero-order chi connectivity index (χ0) is 19.5. The molecule has 2 N–H and O–H groups in total. The molecule has 10 heteroatoms. The largest absolute Gasteiger partial charge is 0.353 e. The molecule has 4 rings (SSSR count). The quantitative estimate of drug-likeness (QED) is 0.289. The predicted octanol–water partition coefficient (Wildman–Crippen LogP) is 4.47. The van der Waals surface area contributed by atoms with E-state index < -0.39 is 4.92 Å². The molecule has 0 atom stereocenters. The number of aromatic nitrogens is 4. The number of nitrogens with one attached hydrogen (secondary N) is 2. The van der Waals surface area contributed by atoms with Crippen molar-refractivity contribution in [2.45, 2.75) is 0 Å². The molecule has 0 aliphatic heterocycles. The summed E-state index contributed by atoms with van der Waals surface area (Å²) in [6.07, 6.45) is 4.39. The van der Waals surface area contributed by atoms with Crippen LogP contribution in [0.15, 0.2) is 61.2 Å². The number of anilines is 4. The average Bonchev–Trinajstić information content (AvgIpc) is 2.70. The van der Waals surface area contributed by atoms with Crippen LogP contribution < -0.4 is 10.6 Å². The molecule has 138 valence electrons. The van der Waals surface area contributed by atoms with Gasteiger partial charge in [-0.05, 0) is 24.3 Å². The fraction of sp³-hybridized carbons (Fsp3) is 0. The molecule has 28 heavy (non-hydrogen) atoms. The Bertz CT molecular complexity index is 1180. The minimum atomic E-state index is -0.562. The van der Waals surface area contributed by atoms with Crippen molar-refractivity contribution in [1.29, 1.82) is 0 Å². The first-order valence-corrected chi connectivity index (χ1v) is 8.49. The Balaban J connectivity index is 1.77. The van der Waals surface area contributed by atoms with E-state index in [1.54, 1.807) is 24.4 Å². The SMILES string of the molecule is O=[N+]([O-])c1c(Nc2cccnc2Cl)ncnc1Nc1cccc2cccnc12. The smallest absolute Gasteiger partial charge is 0.332 e. The molecule has 3 heterocycles. The van der Waals surface area contributed by atoms with E-state index in [1.165, 1.54) is 12.5 Å². The van der Waals surface area contributed by atoms with Gasteiger partial charge in [0.2, 0.25) is 11.6 Å². The van der Waals surface area contributed by atoms with Gasteiger partial charge in [0.25, 0.3) is 0 Å². The third kappa shape index (κ3) is 3.38. The lowest BCUT2D eigenvalue weighted by Crippen LogP contribution is -2.06. The standard InChI is InChI=1S/C18H12ClN7O2/c19-16-13(7-3-9-21-16)25-18-15(26(27)28)17(22-10-23-18)24-12-6-1-4-11-5-2-8-20-14(11)12/h1-10H,(H2,22,23,24,25). The van der Waals surface area contributed by atoms with Crippen molar-refractivity contribution in [3.05, 3.63) is 76.5 Å². The Hall–Kier alpha value is -3.85. The Morgan fingerprint density at radius 1 is 0.857 bits per heavy atom. The van der Waals surface area contributed by atoms with Crippen LogP contribution in [0, 0.1) is 10.1 Å². The van der Waals surface area contributed by atoms with Crippen LogP contribution in [-0.2, 0) is 0 Å². The van der Waals surface area contributed by atoms with Crippen molar-refractivity contribution in [1.82, 2.24) is 19.9 Å². The molecule has 4 aromatic rings. The highest BCUT2D eigenvalue weighted by molar-refractivity contribution is 6.32.